The first-order valence-corrected chi connectivity index (χ1v) is 29.0. The lowest BCUT2D eigenvalue weighted by molar-refractivity contribution is -0.157. The van der Waals surface area contributed by atoms with Crippen molar-refractivity contribution >= 4 is 71.0 Å². The fourth-order valence-corrected chi connectivity index (χ4v) is 8.75. The molecule has 1 aromatic carbocycles. The lowest BCUT2D eigenvalue weighted by Gasteiger charge is -2.31. The normalized spacial score (nSPS) is 21.4. The molecule has 1 aliphatic rings. The third-order valence-corrected chi connectivity index (χ3v) is 15.2. The van der Waals surface area contributed by atoms with E-state index in [9.17, 15) is 68.1 Å². The molecule has 0 aliphatic carbocycles. The summed E-state index contributed by atoms with van der Waals surface area (Å²) in [6, 6.07) is -6.41. The molecule has 0 radical (unpaired) electrons. The van der Waals surface area contributed by atoms with Gasteiger partial charge in [0.25, 0.3) is 0 Å². The van der Waals surface area contributed by atoms with Gasteiger partial charge in [0.05, 0.1) is 25.9 Å². The van der Waals surface area contributed by atoms with Crippen molar-refractivity contribution in [2.24, 2.45) is 40.1 Å². The van der Waals surface area contributed by atoms with Gasteiger partial charge in [0.15, 0.2) is 5.96 Å². The molecular weight excluding hydrogens is 1110 g/mol. The van der Waals surface area contributed by atoms with Gasteiger partial charge < -0.3 is 90.0 Å². The summed E-state index contributed by atoms with van der Waals surface area (Å²) < 4.78 is 5.61. The van der Waals surface area contributed by atoms with Crippen LogP contribution >= 0.6 is 0 Å². The van der Waals surface area contributed by atoms with Gasteiger partial charge in [0.2, 0.25) is 59.1 Å². The predicted molar refractivity (Wildman–Crippen MR) is 313 cm³/mol. The molecule has 85 heavy (non-hydrogen) atoms. The first kappa shape index (κ1) is 73.6. The van der Waals surface area contributed by atoms with Crippen LogP contribution in [0.1, 0.15) is 113 Å². The number of cyclic esters (lactones) is 1. The largest absolute Gasteiger partial charge is 0.458 e. The molecule has 0 spiro atoms. The number of aliphatic hydroxyl groups is 3. The van der Waals surface area contributed by atoms with Crippen molar-refractivity contribution in [2.45, 2.75) is 187 Å². The summed E-state index contributed by atoms with van der Waals surface area (Å²) in [5, 5.41) is 59.1. The number of amides is 10. The van der Waals surface area contributed by atoms with E-state index in [0.717, 1.165) is 5.56 Å². The summed E-state index contributed by atoms with van der Waals surface area (Å²) in [6.45, 7) is 13.2. The minimum absolute atomic E-state index is 0.00642. The Bertz CT molecular complexity index is 2430. The third-order valence-electron chi connectivity index (χ3n) is 15.2. The standard InChI is InChI=1S/C56H94N14O15/c1-12-28(5)40(67-47(76)36(59-11)24-34-20-17-16-18-21-34)51(80)63-38(26-72)49(78)62-35(22-19-23-60-56(57)58)46(75)66-42(30(7)14-3)53(82)68-41(29(6)13-2)52(81)64-39(27-73)50(79)70-44-33(10)85-55(84)43(31(8)15-4)69-45(74)32(9)61-48(77)37(25-71)65-54(44)83/h16-18,20-21,28-33,35-44,59,71-73H,12-15,19,22-27H2,1-11H3,(H,61,77)(H,62,78)(H,63,80)(H,64,81)(H,65,83)(H,66,75)(H,67,76)(H,68,82)(H,69,74)(H,70,79)(H4,57,58,60)/t28-,29-,30+,31-,32-,33-,35+,36+,37-,38-,39-,40-,41-,42+,43-,44+/m0/s1. The topological polar surface area (TPSA) is 454 Å². The summed E-state index contributed by atoms with van der Waals surface area (Å²) in [7, 11) is 1.61. The Kier molecular flexibility index (Phi) is 32.1. The van der Waals surface area contributed by atoms with E-state index in [2.05, 4.69) is 63.5 Å². The number of guanidine groups is 1. The number of likely N-dealkylation sites (N-methyl/N-ethyl adjacent to an activating group) is 1. The zero-order chi connectivity index (χ0) is 64.2. The number of rotatable bonds is 32. The second-order valence-corrected chi connectivity index (χ2v) is 21.6. The van der Waals surface area contributed by atoms with E-state index in [-0.39, 0.29) is 31.8 Å². The lowest BCUT2D eigenvalue weighted by Crippen LogP contribution is -2.63. The maximum absolute atomic E-state index is 14.4. The highest BCUT2D eigenvalue weighted by molar-refractivity contribution is 5.99. The number of carbonyl (C=O) groups excluding carboxylic acids is 11. The van der Waals surface area contributed by atoms with Gasteiger partial charge in [-0.2, -0.15) is 0 Å². The Morgan fingerprint density at radius 1 is 0.600 bits per heavy atom. The molecule has 478 valence electrons. The van der Waals surface area contributed by atoms with Crippen LogP contribution in [0, 0.1) is 23.7 Å². The number of nitrogens with one attached hydrogen (secondary N) is 11. The van der Waals surface area contributed by atoms with Crippen molar-refractivity contribution in [1.29, 1.82) is 0 Å². The van der Waals surface area contributed by atoms with Crippen LogP contribution in [0.3, 0.4) is 0 Å². The number of esters is 1. The second-order valence-electron chi connectivity index (χ2n) is 21.6. The maximum Gasteiger partial charge on any atom is 0.329 e. The van der Waals surface area contributed by atoms with Gasteiger partial charge >= 0.3 is 5.97 Å². The molecule has 1 aromatic rings. The summed E-state index contributed by atoms with van der Waals surface area (Å²) in [5.41, 5.74) is 11.9. The summed E-state index contributed by atoms with van der Waals surface area (Å²) in [5.74, 6) is -12.6. The van der Waals surface area contributed by atoms with E-state index < -0.39 is 181 Å². The lowest BCUT2D eigenvalue weighted by atomic mass is 9.94. The number of aliphatic imine (C=N–C) groups is 1. The van der Waals surface area contributed by atoms with Gasteiger partial charge in [-0.05, 0) is 69.4 Å². The first-order chi connectivity index (χ1) is 40.2. The average Bonchev–Trinajstić information content (AvgIpc) is 3.70. The van der Waals surface area contributed by atoms with E-state index in [4.69, 9.17) is 16.2 Å². The molecule has 29 heteroatoms. The van der Waals surface area contributed by atoms with Crippen LogP contribution in [0.25, 0.3) is 0 Å². The fourth-order valence-electron chi connectivity index (χ4n) is 8.75. The molecule has 10 amide bonds. The Morgan fingerprint density at radius 2 is 1.07 bits per heavy atom. The van der Waals surface area contributed by atoms with Crippen LogP contribution in [0.2, 0.25) is 0 Å². The highest BCUT2D eigenvalue weighted by atomic mass is 16.5. The Labute approximate surface area is 497 Å². The van der Waals surface area contributed by atoms with Crippen LogP contribution in [0.4, 0.5) is 0 Å². The minimum Gasteiger partial charge on any atom is -0.458 e. The highest BCUT2D eigenvalue weighted by Gasteiger charge is 2.41. The minimum atomic E-state index is -1.84. The van der Waals surface area contributed by atoms with Gasteiger partial charge in [-0.25, -0.2) is 4.79 Å². The first-order valence-electron chi connectivity index (χ1n) is 29.0. The number of aliphatic hydroxyl groups excluding tert-OH is 3. The molecule has 2 rings (SSSR count). The van der Waals surface area contributed by atoms with Crippen molar-refractivity contribution in [3.05, 3.63) is 35.9 Å². The number of hydrogen-bond acceptors (Lipinski definition) is 17. The zero-order valence-corrected chi connectivity index (χ0v) is 50.7. The monoisotopic (exact) mass is 1200 g/mol. The smallest absolute Gasteiger partial charge is 0.329 e. The maximum atomic E-state index is 14.4. The molecule has 0 bridgehead atoms. The molecule has 1 saturated heterocycles. The quantitative estimate of drug-likeness (QED) is 0.0141. The van der Waals surface area contributed by atoms with Crippen molar-refractivity contribution in [3.63, 3.8) is 0 Å². The molecule has 1 heterocycles. The van der Waals surface area contributed by atoms with Gasteiger partial charge in [-0.15, -0.1) is 0 Å². The van der Waals surface area contributed by atoms with Gasteiger partial charge in [0.1, 0.15) is 66.5 Å². The molecule has 29 nitrogen and oxygen atoms in total. The van der Waals surface area contributed by atoms with E-state index in [0.29, 0.717) is 25.7 Å². The SMILES string of the molecule is CC[C@@H](C)[C@@H](NC(=O)[C@@H](CCCN=C(N)N)NC(=O)[C@H](CO)NC(=O)[C@@H](NC(=O)[C@@H](Cc1ccccc1)NC)[C@@H](C)CC)C(=O)N[C@H](C(=O)N[C@@H](CO)C(=O)N[C@H]1C(=O)N[C@@H](CO)C(=O)N[C@@H](C)C(=O)N[C@@H]([C@@H](C)CC)C(=O)O[C@H]1C)[C@@H](C)CC. The second kappa shape index (κ2) is 37.0. The summed E-state index contributed by atoms with van der Waals surface area (Å²) >= 11 is 0. The van der Waals surface area contributed by atoms with Crippen molar-refractivity contribution in [3.8, 4) is 0 Å². The van der Waals surface area contributed by atoms with Crippen LogP contribution in [0.15, 0.2) is 35.3 Å². The van der Waals surface area contributed by atoms with Gasteiger partial charge in [-0.3, -0.25) is 52.9 Å². The number of nitrogens with zero attached hydrogens (tertiary/aromatic N) is 1. The van der Waals surface area contributed by atoms with Crippen LogP contribution in [-0.4, -0.2) is 192 Å². The highest BCUT2D eigenvalue weighted by Crippen LogP contribution is 2.17. The fraction of sp³-hybridized carbons (Fsp3) is 0.679. The predicted octanol–water partition coefficient (Wildman–Crippen LogP) is -4.15. The summed E-state index contributed by atoms with van der Waals surface area (Å²) in [4.78, 5) is 156. The van der Waals surface area contributed by atoms with Crippen molar-refractivity contribution in [1.82, 2.24) is 58.5 Å². The van der Waals surface area contributed by atoms with E-state index in [1.54, 1.807) is 55.5 Å². The molecule has 16 atom stereocenters. The number of carbonyl (C=O) groups is 11. The molecule has 1 aliphatic heterocycles. The molecule has 0 unspecified atom stereocenters. The van der Waals surface area contributed by atoms with Crippen LogP contribution in [0.5, 0.6) is 0 Å². The van der Waals surface area contributed by atoms with E-state index in [1.165, 1.54) is 13.8 Å². The number of nitrogens with two attached hydrogens (primary N) is 2. The van der Waals surface area contributed by atoms with Crippen LogP contribution in [-0.2, 0) is 63.9 Å². The number of benzene rings is 1. The van der Waals surface area contributed by atoms with Gasteiger partial charge in [0, 0.05) is 6.54 Å². The molecule has 0 aromatic heterocycles. The average molecular weight is 1200 g/mol. The third kappa shape index (κ3) is 23.1. The Balaban J connectivity index is 2.44. The van der Waals surface area contributed by atoms with Crippen molar-refractivity contribution < 1.29 is 72.8 Å². The zero-order valence-electron chi connectivity index (χ0n) is 50.7. The van der Waals surface area contributed by atoms with Crippen LogP contribution < -0.4 is 70.0 Å². The molecule has 18 N–H and O–H groups in total. The molecule has 0 saturated carbocycles. The van der Waals surface area contributed by atoms with E-state index in [1.807, 2.05) is 37.3 Å². The summed E-state index contributed by atoms with van der Waals surface area (Å²) in [6.07, 6.45) is 0.116. The van der Waals surface area contributed by atoms with E-state index >= 15 is 0 Å². The molecular formula is C56H94N14O15. The molecule has 1 fully saturated rings. The number of ether oxygens (including phenoxy) is 1. The number of hydrogen-bond donors (Lipinski definition) is 16. The Morgan fingerprint density at radius 3 is 1.54 bits per heavy atom. The van der Waals surface area contributed by atoms with Crippen molar-refractivity contribution in [2.75, 3.05) is 33.4 Å². The van der Waals surface area contributed by atoms with Gasteiger partial charge in [-0.1, -0.05) is 111 Å². The Hall–Kier alpha value is -7.50.